The van der Waals surface area contributed by atoms with Gasteiger partial charge in [-0.2, -0.15) is 0 Å². The molecule has 2 saturated heterocycles. The number of ether oxygens (including phenoxy) is 4. The summed E-state index contributed by atoms with van der Waals surface area (Å²) < 4.78 is 67.6. The molecule has 2 aliphatic heterocycles. The number of hydrogen-bond donors (Lipinski definition) is 1. The number of aromatic nitrogens is 1. The van der Waals surface area contributed by atoms with Crippen LogP contribution in [0.3, 0.4) is 0 Å². The summed E-state index contributed by atoms with van der Waals surface area (Å²) in [4.78, 5) is 4.75. The molecule has 0 aliphatic carbocycles. The zero-order valence-electron chi connectivity index (χ0n) is 23.0. The van der Waals surface area contributed by atoms with Gasteiger partial charge in [-0.05, 0) is 48.4 Å². The van der Waals surface area contributed by atoms with Crippen LogP contribution in [0.15, 0.2) is 82.1 Å². The maximum absolute atomic E-state index is 14.6. The third-order valence-electron chi connectivity index (χ3n) is 7.57. The molecule has 11 heteroatoms. The molecule has 3 heterocycles. The number of primary sulfonamides is 1. The Morgan fingerprint density at radius 2 is 1.86 bits per heavy atom. The highest BCUT2D eigenvalue weighted by atomic mass is 32.2. The zero-order valence-corrected chi connectivity index (χ0v) is 23.8. The first kappa shape index (κ1) is 28.5. The monoisotopic (exact) mass is 594 g/mol. The molecule has 3 aromatic carbocycles. The Kier molecular flexibility index (Phi) is 7.86. The van der Waals surface area contributed by atoms with Crippen LogP contribution in [0, 0.1) is 5.82 Å². The van der Waals surface area contributed by atoms with Crippen molar-refractivity contribution in [3.8, 4) is 28.3 Å². The Hall–Kier alpha value is -3.61. The largest absolute Gasteiger partial charge is 0.493 e. The molecule has 0 spiro atoms. The van der Waals surface area contributed by atoms with Crippen LogP contribution in [-0.2, 0) is 36.3 Å². The summed E-state index contributed by atoms with van der Waals surface area (Å²) in [5.74, 6) is 1.00. The Morgan fingerprint density at radius 1 is 1.07 bits per heavy atom. The molecule has 6 rings (SSSR count). The number of benzene rings is 3. The Bertz CT molecular complexity index is 1660. The minimum absolute atomic E-state index is 0.0124. The summed E-state index contributed by atoms with van der Waals surface area (Å²) >= 11 is 0. The van der Waals surface area contributed by atoms with Gasteiger partial charge >= 0.3 is 0 Å². The number of rotatable bonds is 10. The van der Waals surface area contributed by atoms with Crippen molar-refractivity contribution in [3.05, 3.63) is 90.1 Å². The minimum Gasteiger partial charge on any atom is -0.493 e. The first-order chi connectivity index (χ1) is 20.2. The van der Waals surface area contributed by atoms with Crippen LogP contribution in [0.4, 0.5) is 4.39 Å². The molecule has 3 atom stereocenters. The van der Waals surface area contributed by atoms with E-state index in [1.807, 2.05) is 30.3 Å². The van der Waals surface area contributed by atoms with Crippen molar-refractivity contribution in [2.24, 2.45) is 5.14 Å². The highest BCUT2D eigenvalue weighted by Crippen LogP contribution is 2.45. The van der Waals surface area contributed by atoms with Crippen molar-refractivity contribution in [3.63, 3.8) is 0 Å². The van der Waals surface area contributed by atoms with Gasteiger partial charge in [0.1, 0.15) is 22.9 Å². The average Bonchev–Trinajstić information content (AvgIpc) is 3.56. The normalized spacial score (nSPS) is 21.9. The van der Waals surface area contributed by atoms with Crippen LogP contribution in [-0.4, -0.2) is 46.1 Å². The summed E-state index contributed by atoms with van der Waals surface area (Å²) in [5, 5.41) is 5.25. The van der Waals surface area contributed by atoms with E-state index >= 15 is 0 Å². The highest BCUT2D eigenvalue weighted by Gasteiger charge is 2.49. The van der Waals surface area contributed by atoms with Crippen LogP contribution in [0.25, 0.3) is 22.6 Å². The van der Waals surface area contributed by atoms with Crippen molar-refractivity contribution >= 4 is 10.0 Å². The summed E-state index contributed by atoms with van der Waals surface area (Å²) in [6, 6.07) is 20.4. The van der Waals surface area contributed by atoms with Gasteiger partial charge in [0.05, 0.1) is 24.2 Å². The van der Waals surface area contributed by atoms with Crippen LogP contribution < -0.4 is 9.88 Å². The van der Waals surface area contributed by atoms with Gasteiger partial charge in [-0.1, -0.05) is 30.3 Å². The zero-order chi connectivity index (χ0) is 29.3. The quantitative estimate of drug-likeness (QED) is 0.249. The predicted molar refractivity (Wildman–Crippen MR) is 151 cm³/mol. The molecule has 220 valence electrons. The lowest BCUT2D eigenvalue weighted by Gasteiger charge is -2.35. The first-order valence-electron chi connectivity index (χ1n) is 13.7. The van der Waals surface area contributed by atoms with E-state index in [1.165, 1.54) is 24.3 Å². The number of nitrogens with zero attached hydrogens (tertiary/aromatic N) is 1. The molecule has 4 aromatic rings. The van der Waals surface area contributed by atoms with Crippen molar-refractivity contribution < 1.29 is 36.2 Å². The molecule has 0 unspecified atom stereocenters. The highest BCUT2D eigenvalue weighted by molar-refractivity contribution is 7.89. The van der Waals surface area contributed by atoms with Crippen molar-refractivity contribution in [1.82, 2.24) is 4.98 Å². The second-order valence-corrected chi connectivity index (χ2v) is 12.1. The lowest BCUT2D eigenvalue weighted by molar-refractivity contribution is -0.162. The number of halogens is 1. The van der Waals surface area contributed by atoms with E-state index in [9.17, 15) is 12.8 Å². The van der Waals surface area contributed by atoms with Gasteiger partial charge in [-0.25, -0.2) is 22.9 Å². The third-order valence-corrected chi connectivity index (χ3v) is 8.50. The van der Waals surface area contributed by atoms with Crippen LogP contribution in [0.1, 0.15) is 30.7 Å². The fraction of sp³-hybridized carbons (Fsp3) is 0.323. The van der Waals surface area contributed by atoms with Gasteiger partial charge in [0.15, 0.2) is 17.9 Å². The molecule has 9 nitrogen and oxygen atoms in total. The van der Waals surface area contributed by atoms with Crippen molar-refractivity contribution in [2.45, 2.75) is 48.6 Å². The molecule has 0 amide bonds. The Labute approximate surface area is 243 Å². The lowest BCUT2D eigenvalue weighted by atomic mass is 9.86. The van der Waals surface area contributed by atoms with E-state index in [0.717, 1.165) is 5.56 Å². The second kappa shape index (κ2) is 11.6. The minimum atomic E-state index is -3.82. The molecule has 2 aliphatic rings. The maximum atomic E-state index is 14.6. The standard InChI is InChI=1S/C31H31FN2O7S/c1-37-25-17-28-39-19-31(18-25,41-28)22-14-23(32)16-24(15-22)38-13-5-8-27-34-29(20-6-3-2-4-7-20)30(40-27)21-9-11-26(12-10-21)42(33,35)36/h2-4,6-7,9-12,14-16,25,28H,5,8,13,17-19H2,1H3,(H2,33,35,36)/t25-,28-,31-/m1/s1. The fourth-order valence-electron chi connectivity index (χ4n) is 5.46. The molecule has 2 fully saturated rings. The van der Waals surface area contributed by atoms with E-state index < -0.39 is 21.4 Å². The average molecular weight is 595 g/mol. The summed E-state index contributed by atoms with van der Waals surface area (Å²) in [7, 11) is -2.16. The summed E-state index contributed by atoms with van der Waals surface area (Å²) in [6.07, 6.45) is 1.85. The van der Waals surface area contributed by atoms with Crippen LogP contribution >= 0.6 is 0 Å². The maximum Gasteiger partial charge on any atom is 0.238 e. The number of methoxy groups -OCH3 is 1. The molecule has 42 heavy (non-hydrogen) atoms. The number of nitrogens with two attached hydrogens (primary N) is 1. The first-order valence-corrected chi connectivity index (χ1v) is 15.2. The van der Waals surface area contributed by atoms with E-state index in [-0.39, 0.29) is 17.3 Å². The van der Waals surface area contributed by atoms with E-state index in [0.29, 0.717) is 73.1 Å². The molecule has 2 bridgehead atoms. The van der Waals surface area contributed by atoms with Crippen LogP contribution in [0.2, 0.25) is 0 Å². The molecular weight excluding hydrogens is 563 g/mol. The van der Waals surface area contributed by atoms with E-state index in [1.54, 1.807) is 25.3 Å². The van der Waals surface area contributed by atoms with Gasteiger partial charge in [-0.15, -0.1) is 0 Å². The number of hydrogen-bond acceptors (Lipinski definition) is 8. The molecule has 2 N–H and O–H groups in total. The van der Waals surface area contributed by atoms with Gasteiger partial charge < -0.3 is 23.4 Å². The van der Waals surface area contributed by atoms with Gasteiger partial charge in [0.2, 0.25) is 10.0 Å². The SMILES string of the molecule is CO[C@@H]1C[C@@H]2OC[C@@](c3cc(F)cc(OCCCc4nc(-c5ccccc5)c(-c5ccc(S(N)(=O)=O)cc5)o4)c3)(C1)O2. The number of oxazole rings is 1. The van der Waals surface area contributed by atoms with Crippen molar-refractivity contribution in [1.29, 1.82) is 0 Å². The molecular formula is C31H31FN2O7S. The molecule has 0 saturated carbocycles. The smallest absolute Gasteiger partial charge is 0.238 e. The van der Waals surface area contributed by atoms with Crippen molar-refractivity contribution in [2.75, 3.05) is 20.3 Å². The Balaban J connectivity index is 1.16. The van der Waals surface area contributed by atoms with Crippen LogP contribution in [0.5, 0.6) is 5.75 Å². The third kappa shape index (κ3) is 5.97. The van der Waals surface area contributed by atoms with Gasteiger partial charge in [-0.3, -0.25) is 0 Å². The lowest BCUT2D eigenvalue weighted by Crippen LogP contribution is -2.39. The van der Waals surface area contributed by atoms with E-state index in [2.05, 4.69) is 0 Å². The summed E-state index contributed by atoms with van der Waals surface area (Å²) in [6.45, 7) is 0.638. The topological polar surface area (TPSA) is 123 Å². The van der Waals surface area contributed by atoms with E-state index in [4.69, 9.17) is 33.5 Å². The summed E-state index contributed by atoms with van der Waals surface area (Å²) in [5.41, 5.74) is 2.07. The van der Waals surface area contributed by atoms with Gasteiger partial charge in [0, 0.05) is 43.6 Å². The number of sulfonamides is 1. The predicted octanol–water partition coefficient (Wildman–Crippen LogP) is 5.18. The number of aryl methyl sites for hydroxylation is 1. The molecule has 0 radical (unpaired) electrons. The van der Waals surface area contributed by atoms with Gasteiger partial charge in [0.25, 0.3) is 0 Å². The molecule has 1 aromatic heterocycles. The Morgan fingerprint density at radius 3 is 2.60 bits per heavy atom. The fourth-order valence-corrected chi connectivity index (χ4v) is 5.98. The second-order valence-electron chi connectivity index (χ2n) is 10.5. The number of fused-ring (bicyclic) bond motifs is 2.